The van der Waals surface area contributed by atoms with Gasteiger partial charge in [0.05, 0.1) is 35.1 Å². The number of fused-ring (bicyclic) bond motifs is 3. The summed E-state index contributed by atoms with van der Waals surface area (Å²) in [4.78, 5) is 32.5. The Kier molecular flexibility index (Phi) is 6.29. The number of amides is 2. The molecule has 0 N–H and O–H groups in total. The highest BCUT2D eigenvalue weighted by Gasteiger charge is 2.36. The Morgan fingerprint density at radius 3 is 2.70 bits per heavy atom. The van der Waals surface area contributed by atoms with E-state index in [2.05, 4.69) is 10.1 Å². The van der Waals surface area contributed by atoms with Crippen LogP contribution < -0.4 is 0 Å². The fourth-order valence-electron chi connectivity index (χ4n) is 5.29. The number of ether oxygens (including phenoxy) is 2. The monoisotopic (exact) mass is 452 g/mol. The average molecular weight is 453 g/mol. The molecule has 176 valence electrons. The molecule has 4 heterocycles. The molecule has 33 heavy (non-hydrogen) atoms. The third-order valence-electron chi connectivity index (χ3n) is 7.25. The summed E-state index contributed by atoms with van der Waals surface area (Å²) < 4.78 is 13.1. The van der Waals surface area contributed by atoms with E-state index in [1.54, 1.807) is 6.20 Å². The summed E-state index contributed by atoms with van der Waals surface area (Å²) in [7, 11) is 0. The van der Waals surface area contributed by atoms with Crippen LogP contribution in [0.25, 0.3) is 5.57 Å². The number of nitrogens with zero attached hydrogens (tertiary/aromatic N) is 4. The van der Waals surface area contributed by atoms with Gasteiger partial charge in [0.25, 0.3) is 5.91 Å². The Balaban J connectivity index is 1.40. The van der Waals surface area contributed by atoms with E-state index in [4.69, 9.17) is 9.47 Å². The van der Waals surface area contributed by atoms with Crippen molar-refractivity contribution < 1.29 is 19.1 Å². The number of hydrogen-bond donors (Lipinski definition) is 0. The van der Waals surface area contributed by atoms with E-state index >= 15 is 0 Å². The molecule has 0 radical (unpaired) electrons. The molecule has 3 aliphatic heterocycles. The number of carbonyl (C=O) groups is 2. The van der Waals surface area contributed by atoms with Gasteiger partial charge in [0.15, 0.2) is 0 Å². The predicted octanol–water partition coefficient (Wildman–Crippen LogP) is 3.06. The van der Waals surface area contributed by atoms with E-state index in [1.165, 1.54) is 0 Å². The van der Waals surface area contributed by atoms with Crippen LogP contribution in [0.3, 0.4) is 0 Å². The maximum Gasteiger partial charge on any atom is 0.281 e. The number of aliphatic imine (C=N–C) groups is 1. The number of carbonyl (C=O) groups excluding carboxylic acids is 2. The highest BCUT2D eigenvalue weighted by atomic mass is 16.5. The second kappa shape index (κ2) is 9.35. The summed E-state index contributed by atoms with van der Waals surface area (Å²) in [6, 6.07) is 0.182. The molecular weight excluding hydrogens is 420 g/mol. The topological polar surface area (TPSA) is 86.0 Å². The molecule has 1 aliphatic carbocycles. The van der Waals surface area contributed by atoms with Crippen LogP contribution in [0.1, 0.15) is 61.6 Å². The quantitative estimate of drug-likeness (QED) is 0.685. The predicted molar refractivity (Wildman–Crippen MR) is 124 cm³/mol. The molecular formula is C25H32N4O4. The fourth-order valence-corrected chi connectivity index (χ4v) is 5.29. The Morgan fingerprint density at radius 1 is 1.21 bits per heavy atom. The van der Waals surface area contributed by atoms with Crippen molar-refractivity contribution in [3.63, 3.8) is 0 Å². The Morgan fingerprint density at radius 2 is 1.97 bits per heavy atom. The van der Waals surface area contributed by atoms with Crippen LogP contribution in [0, 0.1) is 11.8 Å². The maximum absolute atomic E-state index is 13.5. The highest BCUT2D eigenvalue weighted by Crippen LogP contribution is 2.37. The van der Waals surface area contributed by atoms with Gasteiger partial charge in [-0.15, -0.1) is 0 Å². The van der Waals surface area contributed by atoms with Gasteiger partial charge < -0.3 is 14.4 Å². The number of likely N-dealkylation sites (tertiary alicyclic amines) is 1. The van der Waals surface area contributed by atoms with Crippen LogP contribution in [0.5, 0.6) is 0 Å². The number of hydrogen-bond acceptors (Lipinski definition) is 5. The summed E-state index contributed by atoms with van der Waals surface area (Å²) in [6.45, 7) is 8.37. The van der Waals surface area contributed by atoms with Crippen LogP contribution >= 0.6 is 0 Å². The first-order valence-electron chi connectivity index (χ1n) is 12.1. The van der Waals surface area contributed by atoms with E-state index < -0.39 is 0 Å². The fraction of sp³-hybridized carbons (Fsp3) is 0.600. The van der Waals surface area contributed by atoms with E-state index in [0.29, 0.717) is 30.4 Å². The maximum atomic E-state index is 13.5. The number of allylic oxidation sites excluding steroid dienone is 2. The van der Waals surface area contributed by atoms with Gasteiger partial charge in [-0.2, -0.15) is 5.10 Å². The molecule has 1 aromatic heterocycles. The van der Waals surface area contributed by atoms with Crippen molar-refractivity contribution in [2.45, 2.75) is 45.6 Å². The zero-order valence-corrected chi connectivity index (χ0v) is 19.5. The van der Waals surface area contributed by atoms with Gasteiger partial charge >= 0.3 is 0 Å². The van der Waals surface area contributed by atoms with Gasteiger partial charge in [-0.3, -0.25) is 14.3 Å². The second-order valence-corrected chi connectivity index (χ2v) is 9.37. The number of piperidine rings is 1. The first-order chi connectivity index (χ1) is 16.1. The Hall–Kier alpha value is -2.58. The number of rotatable bonds is 5. The van der Waals surface area contributed by atoms with E-state index in [1.807, 2.05) is 35.6 Å². The lowest BCUT2D eigenvalue weighted by molar-refractivity contribution is -0.134. The lowest BCUT2D eigenvalue weighted by Crippen LogP contribution is -2.43. The summed E-state index contributed by atoms with van der Waals surface area (Å²) in [6.07, 6.45) is 9.19. The standard InChI is InChI=1S/C25H32N4O4/c1-3-32-15-17-4-8-28(9-5-17)25(31)19-13-20-22(12-16(19)2)27-24(30)21-14-26-29(23(20)21)18-6-10-33-11-7-18/h12-14,17-19H,3-11,15H2,1-2H3. The minimum absolute atomic E-state index is 0.126. The van der Waals surface area contributed by atoms with Gasteiger partial charge in [0.1, 0.15) is 0 Å². The van der Waals surface area contributed by atoms with E-state index in [0.717, 1.165) is 68.8 Å². The molecule has 2 saturated heterocycles. The van der Waals surface area contributed by atoms with Crippen molar-refractivity contribution in [3.8, 4) is 0 Å². The highest BCUT2D eigenvalue weighted by molar-refractivity contribution is 6.36. The smallest absolute Gasteiger partial charge is 0.281 e. The molecule has 2 amide bonds. The van der Waals surface area contributed by atoms with Crippen molar-refractivity contribution in [3.05, 3.63) is 35.2 Å². The lowest BCUT2D eigenvalue weighted by Gasteiger charge is -2.35. The van der Waals surface area contributed by atoms with Crippen molar-refractivity contribution in [2.24, 2.45) is 16.8 Å². The molecule has 4 aliphatic rings. The Labute approximate surface area is 194 Å². The SMILES string of the molecule is CCOCC1CCN(C(=O)C2C=C3C(=NC(=O)c4cnn(C5CCOCC5)c43)C=C2C)CC1. The molecule has 0 spiro atoms. The molecule has 1 atom stereocenters. The van der Waals surface area contributed by atoms with Gasteiger partial charge in [-0.1, -0.05) is 11.6 Å². The van der Waals surface area contributed by atoms with E-state index in [-0.39, 0.29) is 23.8 Å². The zero-order chi connectivity index (χ0) is 22.9. The second-order valence-electron chi connectivity index (χ2n) is 9.37. The van der Waals surface area contributed by atoms with Crippen LogP contribution in [0.4, 0.5) is 0 Å². The molecule has 0 aromatic carbocycles. The summed E-state index contributed by atoms with van der Waals surface area (Å²) in [5.74, 6) is 0.0395. The summed E-state index contributed by atoms with van der Waals surface area (Å²) >= 11 is 0. The molecule has 8 nitrogen and oxygen atoms in total. The third kappa shape index (κ3) is 4.22. The molecule has 8 heteroatoms. The van der Waals surface area contributed by atoms with Crippen molar-refractivity contribution in [1.29, 1.82) is 0 Å². The zero-order valence-electron chi connectivity index (χ0n) is 19.5. The molecule has 5 rings (SSSR count). The largest absolute Gasteiger partial charge is 0.381 e. The molecule has 1 aromatic rings. The molecule has 1 unspecified atom stereocenters. The minimum Gasteiger partial charge on any atom is -0.381 e. The first-order valence-corrected chi connectivity index (χ1v) is 12.1. The van der Waals surface area contributed by atoms with Crippen LogP contribution in [-0.2, 0) is 14.3 Å². The average Bonchev–Trinajstić information content (AvgIpc) is 3.29. The van der Waals surface area contributed by atoms with Crippen molar-refractivity contribution in [2.75, 3.05) is 39.5 Å². The third-order valence-corrected chi connectivity index (χ3v) is 7.25. The molecule has 0 bridgehead atoms. The van der Waals surface area contributed by atoms with Gasteiger partial charge in [0, 0.05) is 45.1 Å². The summed E-state index contributed by atoms with van der Waals surface area (Å²) in [5.41, 5.74) is 3.73. The van der Waals surface area contributed by atoms with Crippen molar-refractivity contribution in [1.82, 2.24) is 14.7 Å². The molecule has 0 saturated carbocycles. The Bertz CT molecular complexity index is 1020. The van der Waals surface area contributed by atoms with Crippen molar-refractivity contribution >= 4 is 23.1 Å². The van der Waals surface area contributed by atoms with E-state index in [9.17, 15) is 9.59 Å². The first kappa shape index (κ1) is 22.2. The summed E-state index contributed by atoms with van der Waals surface area (Å²) in [5, 5.41) is 4.57. The van der Waals surface area contributed by atoms with Crippen LogP contribution in [0.2, 0.25) is 0 Å². The lowest BCUT2D eigenvalue weighted by atomic mass is 9.84. The van der Waals surface area contributed by atoms with Gasteiger partial charge in [0.2, 0.25) is 5.91 Å². The van der Waals surface area contributed by atoms with Crippen LogP contribution in [-0.4, -0.2) is 71.7 Å². The normalized spacial score (nSPS) is 24.1. The van der Waals surface area contributed by atoms with Gasteiger partial charge in [-0.05, 0) is 51.5 Å². The van der Waals surface area contributed by atoms with Crippen LogP contribution in [0.15, 0.2) is 28.9 Å². The minimum atomic E-state index is -0.346. The number of aromatic nitrogens is 2. The molecule has 2 fully saturated rings. The van der Waals surface area contributed by atoms with Gasteiger partial charge in [-0.25, -0.2) is 4.99 Å².